The molecule has 3 aromatic carbocycles. The van der Waals surface area contributed by atoms with Crippen LogP contribution < -0.4 is 5.32 Å². The molecule has 0 saturated carbocycles. The number of anilines is 1. The predicted octanol–water partition coefficient (Wildman–Crippen LogP) is 5.55. The molecule has 30 heavy (non-hydrogen) atoms. The molecule has 4 rings (SSSR count). The molecule has 0 saturated heterocycles. The number of nitrogens with zero attached hydrogens (tertiary/aromatic N) is 2. The summed E-state index contributed by atoms with van der Waals surface area (Å²) in [6.45, 7) is -0.456. The van der Waals surface area contributed by atoms with Gasteiger partial charge in [-0.1, -0.05) is 41.9 Å². The number of aromatic nitrogens is 2. The third-order valence-electron chi connectivity index (χ3n) is 4.43. The second-order valence-electron chi connectivity index (χ2n) is 6.43. The lowest BCUT2D eigenvalue weighted by Crippen LogP contribution is -2.21. The topological polar surface area (TPSA) is 46.9 Å². The number of rotatable bonds is 4. The summed E-state index contributed by atoms with van der Waals surface area (Å²) >= 11 is 6.09. The molecule has 1 amide bonds. The molecule has 0 bridgehead atoms. The SMILES string of the molecule is O=C(Cn1nc(-c2ccccc2)c2cc(Cl)ccc21)Nc1c(F)c(F)cc(F)c1F. The zero-order chi connectivity index (χ0) is 21.4. The van der Waals surface area contributed by atoms with Crippen LogP contribution in [0.4, 0.5) is 23.2 Å². The summed E-state index contributed by atoms with van der Waals surface area (Å²) in [5.41, 5.74) is 0.670. The molecule has 0 atom stereocenters. The van der Waals surface area contributed by atoms with E-state index < -0.39 is 41.4 Å². The summed E-state index contributed by atoms with van der Waals surface area (Å²) in [5.74, 6) is -7.53. The highest BCUT2D eigenvalue weighted by Gasteiger charge is 2.22. The second kappa shape index (κ2) is 7.79. The van der Waals surface area contributed by atoms with Crippen LogP contribution >= 0.6 is 11.6 Å². The van der Waals surface area contributed by atoms with Crippen molar-refractivity contribution in [1.82, 2.24) is 9.78 Å². The van der Waals surface area contributed by atoms with Crippen LogP contribution in [0.5, 0.6) is 0 Å². The van der Waals surface area contributed by atoms with E-state index in [9.17, 15) is 22.4 Å². The lowest BCUT2D eigenvalue weighted by atomic mass is 10.1. The van der Waals surface area contributed by atoms with Gasteiger partial charge in [-0.2, -0.15) is 5.10 Å². The summed E-state index contributed by atoms with van der Waals surface area (Å²) in [7, 11) is 0. The van der Waals surface area contributed by atoms with Gasteiger partial charge in [0.15, 0.2) is 23.3 Å². The van der Waals surface area contributed by atoms with E-state index in [4.69, 9.17) is 11.6 Å². The van der Waals surface area contributed by atoms with Crippen LogP contribution in [0.3, 0.4) is 0 Å². The van der Waals surface area contributed by atoms with Gasteiger partial charge in [-0.15, -0.1) is 0 Å². The number of halogens is 5. The van der Waals surface area contributed by atoms with E-state index in [0.29, 0.717) is 21.6 Å². The molecular weight excluding hydrogens is 422 g/mol. The average Bonchev–Trinajstić information content (AvgIpc) is 3.07. The largest absolute Gasteiger partial charge is 0.319 e. The monoisotopic (exact) mass is 433 g/mol. The van der Waals surface area contributed by atoms with Gasteiger partial charge in [-0.3, -0.25) is 9.48 Å². The number of hydrogen-bond donors (Lipinski definition) is 1. The van der Waals surface area contributed by atoms with Gasteiger partial charge in [0, 0.05) is 22.0 Å². The molecule has 9 heteroatoms. The van der Waals surface area contributed by atoms with Crippen LogP contribution in [-0.4, -0.2) is 15.7 Å². The van der Waals surface area contributed by atoms with E-state index in [1.807, 2.05) is 35.6 Å². The molecule has 0 aliphatic rings. The molecule has 4 aromatic rings. The van der Waals surface area contributed by atoms with Crippen molar-refractivity contribution in [2.75, 3.05) is 5.32 Å². The van der Waals surface area contributed by atoms with Crippen LogP contribution in [0.1, 0.15) is 0 Å². The van der Waals surface area contributed by atoms with Gasteiger partial charge >= 0.3 is 0 Å². The predicted molar refractivity (Wildman–Crippen MR) is 105 cm³/mol. The fourth-order valence-electron chi connectivity index (χ4n) is 3.08. The van der Waals surface area contributed by atoms with E-state index >= 15 is 0 Å². The molecule has 1 N–H and O–H groups in total. The summed E-state index contributed by atoms with van der Waals surface area (Å²) in [6, 6.07) is 14.1. The average molecular weight is 434 g/mol. The van der Waals surface area contributed by atoms with Crippen molar-refractivity contribution in [3.05, 3.63) is 82.9 Å². The number of nitrogens with one attached hydrogen (secondary N) is 1. The molecule has 152 valence electrons. The van der Waals surface area contributed by atoms with Gasteiger partial charge in [0.05, 0.1) is 5.52 Å². The minimum atomic E-state index is -1.69. The minimum absolute atomic E-state index is 0.0667. The zero-order valence-electron chi connectivity index (χ0n) is 15.1. The molecule has 1 aromatic heterocycles. The molecule has 0 unspecified atom stereocenters. The van der Waals surface area contributed by atoms with Gasteiger partial charge in [0.1, 0.15) is 17.9 Å². The van der Waals surface area contributed by atoms with Crippen molar-refractivity contribution < 1.29 is 22.4 Å². The number of hydrogen-bond acceptors (Lipinski definition) is 2. The molecule has 4 nitrogen and oxygen atoms in total. The highest BCUT2D eigenvalue weighted by atomic mass is 35.5. The first-order valence-electron chi connectivity index (χ1n) is 8.69. The first kappa shape index (κ1) is 19.9. The Bertz CT molecular complexity index is 1250. The van der Waals surface area contributed by atoms with Crippen LogP contribution in [0.2, 0.25) is 5.02 Å². The van der Waals surface area contributed by atoms with E-state index in [1.165, 1.54) is 4.68 Å². The van der Waals surface area contributed by atoms with Crippen LogP contribution in [0, 0.1) is 23.3 Å². The second-order valence-corrected chi connectivity index (χ2v) is 6.86. The fourth-order valence-corrected chi connectivity index (χ4v) is 3.25. The van der Waals surface area contributed by atoms with E-state index in [0.717, 1.165) is 5.56 Å². The molecule has 0 aliphatic heterocycles. The summed E-state index contributed by atoms with van der Waals surface area (Å²) < 4.78 is 55.7. The van der Waals surface area contributed by atoms with Gasteiger partial charge in [0.2, 0.25) is 5.91 Å². The van der Waals surface area contributed by atoms with E-state index in [1.54, 1.807) is 18.2 Å². The van der Waals surface area contributed by atoms with Crippen molar-refractivity contribution in [3.63, 3.8) is 0 Å². The highest BCUT2D eigenvalue weighted by Crippen LogP contribution is 2.30. The number of amides is 1. The Morgan fingerprint density at radius 3 is 2.30 bits per heavy atom. The van der Waals surface area contributed by atoms with Crippen molar-refractivity contribution in [2.24, 2.45) is 0 Å². The first-order chi connectivity index (χ1) is 14.3. The quantitative estimate of drug-likeness (QED) is 0.339. The lowest BCUT2D eigenvalue weighted by molar-refractivity contribution is -0.116. The molecule has 1 heterocycles. The van der Waals surface area contributed by atoms with Crippen LogP contribution in [-0.2, 0) is 11.3 Å². The summed E-state index contributed by atoms with van der Waals surface area (Å²) in [5, 5.41) is 7.43. The van der Waals surface area contributed by atoms with Crippen molar-refractivity contribution >= 4 is 34.1 Å². The maximum Gasteiger partial charge on any atom is 0.246 e. The Kier molecular flexibility index (Phi) is 5.17. The third kappa shape index (κ3) is 3.61. The number of benzene rings is 3. The van der Waals surface area contributed by atoms with Gasteiger partial charge in [-0.05, 0) is 18.2 Å². The van der Waals surface area contributed by atoms with Gasteiger partial charge in [-0.25, -0.2) is 17.6 Å². The van der Waals surface area contributed by atoms with E-state index in [-0.39, 0.29) is 6.07 Å². The van der Waals surface area contributed by atoms with Crippen molar-refractivity contribution in [2.45, 2.75) is 6.54 Å². The zero-order valence-corrected chi connectivity index (χ0v) is 15.9. The Hall–Kier alpha value is -3.39. The molecule has 0 fully saturated rings. The van der Waals surface area contributed by atoms with Gasteiger partial charge in [0.25, 0.3) is 0 Å². The Balaban J connectivity index is 1.71. The third-order valence-corrected chi connectivity index (χ3v) is 4.66. The van der Waals surface area contributed by atoms with E-state index in [2.05, 4.69) is 5.10 Å². The minimum Gasteiger partial charge on any atom is -0.319 e. The Labute approximate surface area is 172 Å². The Morgan fingerprint density at radius 2 is 1.63 bits per heavy atom. The normalized spacial score (nSPS) is 11.1. The molecular formula is C21H12ClF4N3O. The molecule has 0 radical (unpaired) electrons. The maximum atomic E-state index is 13.8. The van der Waals surface area contributed by atoms with Crippen LogP contribution in [0.25, 0.3) is 22.2 Å². The standard InChI is InChI=1S/C21H12ClF4N3O/c22-12-6-7-16-13(8-12)20(11-4-2-1-3-5-11)28-29(16)10-17(30)27-21-18(25)14(23)9-15(24)19(21)26/h1-9H,10H2,(H,27,30). The van der Waals surface area contributed by atoms with Gasteiger partial charge < -0.3 is 5.32 Å². The maximum absolute atomic E-state index is 13.8. The number of carbonyl (C=O) groups excluding carboxylic acids is 1. The van der Waals surface area contributed by atoms with Crippen LogP contribution in [0.15, 0.2) is 54.6 Å². The smallest absolute Gasteiger partial charge is 0.246 e. The first-order valence-corrected chi connectivity index (χ1v) is 9.07. The lowest BCUT2D eigenvalue weighted by Gasteiger charge is -2.09. The van der Waals surface area contributed by atoms with Crippen molar-refractivity contribution in [3.8, 4) is 11.3 Å². The number of fused-ring (bicyclic) bond motifs is 1. The highest BCUT2D eigenvalue weighted by molar-refractivity contribution is 6.31. The summed E-state index contributed by atoms with van der Waals surface area (Å²) in [4.78, 5) is 12.4. The fraction of sp³-hybridized carbons (Fsp3) is 0.0476. The van der Waals surface area contributed by atoms with Crippen molar-refractivity contribution in [1.29, 1.82) is 0 Å². The Morgan fingerprint density at radius 1 is 0.967 bits per heavy atom. The number of carbonyl (C=O) groups is 1. The summed E-state index contributed by atoms with van der Waals surface area (Å²) in [6.07, 6.45) is 0. The molecule has 0 spiro atoms. The molecule has 0 aliphatic carbocycles.